The average Bonchev–Trinajstić information content (AvgIpc) is 2.64. The molecule has 0 aromatic rings. The van der Waals surface area contributed by atoms with E-state index in [2.05, 4.69) is 0 Å². The first-order valence-corrected chi connectivity index (χ1v) is 4.31. The number of fused-ring (bicyclic) bond motifs is 5. The molecule has 12 heavy (non-hydrogen) atoms. The zero-order valence-corrected chi connectivity index (χ0v) is 6.47. The van der Waals surface area contributed by atoms with Crippen LogP contribution in [0.3, 0.4) is 0 Å². The standard InChI is InChI=1S/C8H10O4/c9-7-5-3-1-2-4(11-3)6(5)8(10)12-7/h3-7,9H,1-2H2/t3-,4+,5+,6-,7?/m1/s1. The maximum Gasteiger partial charge on any atom is 0.314 e. The molecule has 0 aliphatic carbocycles. The van der Waals surface area contributed by atoms with Crippen LogP contribution in [0, 0.1) is 11.8 Å². The van der Waals surface area contributed by atoms with E-state index in [9.17, 15) is 9.90 Å². The molecular weight excluding hydrogens is 160 g/mol. The molecule has 1 N–H and O–H groups in total. The predicted octanol–water partition coefficient (Wildman–Crippen LogP) is -0.345. The van der Waals surface area contributed by atoms with Gasteiger partial charge in [0.1, 0.15) is 0 Å². The lowest BCUT2D eigenvalue weighted by Gasteiger charge is -2.17. The number of aliphatic hydroxyl groups excluding tert-OH is 1. The van der Waals surface area contributed by atoms with Gasteiger partial charge in [-0.3, -0.25) is 4.79 Å². The Hall–Kier alpha value is -0.610. The van der Waals surface area contributed by atoms with Gasteiger partial charge in [0.05, 0.1) is 24.0 Å². The fourth-order valence-corrected chi connectivity index (χ4v) is 2.66. The fourth-order valence-electron chi connectivity index (χ4n) is 2.66. The van der Waals surface area contributed by atoms with Crippen molar-refractivity contribution in [1.82, 2.24) is 0 Å². The molecule has 66 valence electrons. The molecule has 0 spiro atoms. The minimum atomic E-state index is -0.919. The lowest BCUT2D eigenvalue weighted by atomic mass is 9.81. The molecule has 2 bridgehead atoms. The summed E-state index contributed by atoms with van der Waals surface area (Å²) in [7, 11) is 0. The SMILES string of the molecule is O=C1OC(O)[C@@H]2[C@H]1[C@@H]1CC[C@H]2O1. The summed E-state index contributed by atoms with van der Waals surface area (Å²) in [6.45, 7) is 0. The minimum absolute atomic E-state index is 0.0182. The Kier molecular flexibility index (Phi) is 1.14. The molecule has 3 fully saturated rings. The first-order valence-electron chi connectivity index (χ1n) is 4.31. The number of ether oxygens (including phenoxy) is 2. The van der Waals surface area contributed by atoms with E-state index < -0.39 is 6.29 Å². The number of rotatable bonds is 0. The van der Waals surface area contributed by atoms with Gasteiger partial charge in [-0.2, -0.15) is 0 Å². The molecule has 0 radical (unpaired) electrons. The summed E-state index contributed by atoms with van der Waals surface area (Å²) < 4.78 is 10.3. The van der Waals surface area contributed by atoms with Crippen molar-refractivity contribution in [2.75, 3.05) is 0 Å². The summed E-state index contributed by atoms with van der Waals surface area (Å²) in [6, 6.07) is 0. The molecule has 1 unspecified atom stereocenters. The highest BCUT2D eigenvalue weighted by Gasteiger charge is 2.60. The van der Waals surface area contributed by atoms with Gasteiger partial charge in [-0.1, -0.05) is 0 Å². The molecule has 3 saturated heterocycles. The van der Waals surface area contributed by atoms with E-state index in [-0.39, 0.29) is 30.0 Å². The average molecular weight is 170 g/mol. The Bertz CT molecular complexity index is 239. The number of hydrogen-bond donors (Lipinski definition) is 1. The van der Waals surface area contributed by atoms with Gasteiger partial charge < -0.3 is 14.6 Å². The lowest BCUT2D eigenvalue weighted by Crippen LogP contribution is -2.30. The highest BCUT2D eigenvalue weighted by atomic mass is 16.7. The van der Waals surface area contributed by atoms with Gasteiger partial charge in [0, 0.05) is 0 Å². The van der Waals surface area contributed by atoms with E-state index in [1.54, 1.807) is 0 Å². The second kappa shape index (κ2) is 2.00. The number of carbonyl (C=O) groups excluding carboxylic acids is 1. The fraction of sp³-hybridized carbons (Fsp3) is 0.875. The summed E-state index contributed by atoms with van der Waals surface area (Å²) >= 11 is 0. The molecule has 4 heteroatoms. The molecule has 0 saturated carbocycles. The normalized spacial score (nSPS) is 55.8. The Morgan fingerprint density at radius 2 is 2.08 bits per heavy atom. The predicted molar refractivity (Wildman–Crippen MR) is 37.0 cm³/mol. The second-order valence-electron chi connectivity index (χ2n) is 3.72. The van der Waals surface area contributed by atoms with E-state index in [0.717, 1.165) is 12.8 Å². The van der Waals surface area contributed by atoms with Crippen LogP contribution in [-0.4, -0.2) is 29.6 Å². The topological polar surface area (TPSA) is 55.8 Å². The third-order valence-corrected chi connectivity index (χ3v) is 3.17. The van der Waals surface area contributed by atoms with Gasteiger partial charge >= 0.3 is 5.97 Å². The van der Waals surface area contributed by atoms with Crippen LogP contribution in [0.4, 0.5) is 0 Å². The summed E-state index contributed by atoms with van der Waals surface area (Å²) in [4.78, 5) is 11.2. The molecule has 0 amide bonds. The van der Waals surface area contributed by atoms with Crippen molar-refractivity contribution in [3.05, 3.63) is 0 Å². The number of esters is 1. The molecule has 0 aromatic carbocycles. The van der Waals surface area contributed by atoms with Crippen LogP contribution in [0.15, 0.2) is 0 Å². The first-order chi connectivity index (χ1) is 5.77. The van der Waals surface area contributed by atoms with Gasteiger partial charge in [0.15, 0.2) is 0 Å². The van der Waals surface area contributed by atoms with Crippen LogP contribution in [-0.2, 0) is 14.3 Å². The molecular formula is C8H10O4. The van der Waals surface area contributed by atoms with Crippen LogP contribution < -0.4 is 0 Å². The second-order valence-corrected chi connectivity index (χ2v) is 3.72. The number of hydrogen-bond acceptors (Lipinski definition) is 4. The molecule has 0 aromatic heterocycles. The van der Waals surface area contributed by atoms with E-state index in [0.29, 0.717) is 0 Å². The van der Waals surface area contributed by atoms with E-state index >= 15 is 0 Å². The zero-order chi connectivity index (χ0) is 8.29. The molecule has 5 atom stereocenters. The van der Waals surface area contributed by atoms with Gasteiger partial charge in [-0.25, -0.2) is 0 Å². The molecule has 3 rings (SSSR count). The van der Waals surface area contributed by atoms with Gasteiger partial charge in [-0.05, 0) is 12.8 Å². The Labute approximate surface area is 69.5 Å². The van der Waals surface area contributed by atoms with Crippen molar-refractivity contribution in [2.45, 2.75) is 31.3 Å². The molecule has 3 aliphatic rings. The van der Waals surface area contributed by atoms with Gasteiger partial charge in [0.2, 0.25) is 6.29 Å². The van der Waals surface area contributed by atoms with Crippen molar-refractivity contribution in [3.63, 3.8) is 0 Å². The summed E-state index contributed by atoms with van der Waals surface area (Å²) in [5.41, 5.74) is 0. The molecule has 4 nitrogen and oxygen atoms in total. The summed E-state index contributed by atoms with van der Waals surface area (Å²) in [6.07, 6.45) is 1.05. The van der Waals surface area contributed by atoms with Crippen molar-refractivity contribution in [1.29, 1.82) is 0 Å². The quantitative estimate of drug-likeness (QED) is 0.505. The Morgan fingerprint density at radius 3 is 2.83 bits per heavy atom. The van der Waals surface area contributed by atoms with E-state index in [1.165, 1.54) is 0 Å². The van der Waals surface area contributed by atoms with Crippen LogP contribution in [0.2, 0.25) is 0 Å². The smallest absolute Gasteiger partial charge is 0.314 e. The van der Waals surface area contributed by atoms with Crippen LogP contribution >= 0.6 is 0 Å². The van der Waals surface area contributed by atoms with Crippen molar-refractivity contribution >= 4 is 5.97 Å². The van der Waals surface area contributed by atoms with Gasteiger partial charge in [-0.15, -0.1) is 0 Å². The van der Waals surface area contributed by atoms with Crippen molar-refractivity contribution in [2.24, 2.45) is 11.8 Å². The van der Waals surface area contributed by atoms with Crippen molar-refractivity contribution < 1.29 is 19.4 Å². The summed E-state index contributed by atoms with van der Waals surface area (Å²) in [5.74, 6) is -0.547. The summed E-state index contributed by atoms with van der Waals surface area (Å²) in [5, 5.41) is 9.37. The lowest BCUT2D eigenvalue weighted by molar-refractivity contribution is -0.162. The minimum Gasteiger partial charge on any atom is -0.435 e. The van der Waals surface area contributed by atoms with Crippen LogP contribution in [0.25, 0.3) is 0 Å². The third-order valence-electron chi connectivity index (χ3n) is 3.17. The van der Waals surface area contributed by atoms with E-state index in [4.69, 9.17) is 9.47 Å². The Morgan fingerprint density at radius 1 is 1.33 bits per heavy atom. The highest BCUT2D eigenvalue weighted by molar-refractivity contribution is 5.76. The number of cyclic esters (lactones) is 1. The highest BCUT2D eigenvalue weighted by Crippen LogP contribution is 2.48. The third kappa shape index (κ3) is 0.630. The molecule has 3 aliphatic heterocycles. The molecule has 3 heterocycles. The maximum absolute atomic E-state index is 11.2. The Balaban J connectivity index is 1.97. The van der Waals surface area contributed by atoms with E-state index in [1.807, 2.05) is 0 Å². The largest absolute Gasteiger partial charge is 0.435 e. The maximum atomic E-state index is 11.2. The monoisotopic (exact) mass is 170 g/mol. The number of aliphatic hydroxyl groups is 1. The number of carbonyl (C=O) groups is 1. The van der Waals surface area contributed by atoms with Crippen LogP contribution in [0.5, 0.6) is 0 Å². The zero-order valence-electron chi connectivity index (χ0n) is 6.47. The van der Waals surface area contributed by atoms with Crippen molar-refractivity contribution in [3.8, 4) is 0 Å². The van der Waals surface area contributed by atoms with Crippen LogP contribution in [0.1, 0.15) is 12.8 Å². The first kappa shape index (κ1) is 6.86. The van der Waals surface area contributed by atoms with Gasteiger partial charge in [0.25, 0.3) is 0 Å².